The molecule has 0 saturated carbocycles. The van der Waals surface area contributed by atoms with Crippen molar-refractivity contribution in [1.82, 2.24) is 4.98 Å². The fraction of sp³-hybridized carbons (Fsp3) is 0.308. The van der Waals surface area contributed by atoms with Crippen LogP contribution in [-0.4, -0.2) is 22.0 Å². The van der Waals surface area contributed by atoms with E-state index in [1.165, 1.54) is 13.8 Å². The van der Waals surface area contributed by atoms with Gasteiger partial charge in [-0.15, -0.1) is 0 Å². The molecule has 0 atom stereocenters. The van der Waals surface area contributed by atoms with Crippen LogP contribution in [0.4, 0.5) is 5.69 Å². The lowest BCUT2D eigenvalue weighted by molar-refractivity contribution is -0.133. The average molecular weight is 248 g/mol. The van der Waals surface area contributed by atoms with E-state index in [4.69, 9.17) is 5.11 Å². The maximum atomic E-state index is 11.8. The molecule has 0 aliphatic carbocycles. The fourth-order valence-electron chi connectivity index (χ4n) is 1.37. The standard InChI is InChI=1S/C13H16N2O3/c1-7-5-6-11(10(4)14-7)15-12(16)8(2)9(3)13(17)18/h5-6H,1-4H3,(H,15,16)(H,17,18). The molecule has 0 aromatic carbocycles. The summed E-state index contributed by atoms with van der Waals surface area (Å²) in [5, 5.41) is 11.5. The van der Waals surface area contributed by atoms with Gasteiger partial charge in [0, 0.05) is 16.8 Å². The maximum absolute atomic E-state index is 11.8. The Labute approximate surface area is 106 Å². The number of carboxylic acid groups (broad SMARTS) is 1. The van der Waals surface area contributed by atoms with Gasteiger partial charge in [-0.25, -0.2) is 4.79 Å². The van der Waals surface area contributed by atoms with E-state index >= 15 is 0 Å². The molecule has 0 aliphatic rings. The summed E-state index contributed by atoms with van der Waals surface area (Å²) in [6.45, 7) is 6.53. The quantitative estimate of drug-likeness (QED) is 0.802. The zero-order valence-electron chi connectivity index (χ0n) is 10.9. The van der Waals surface area contributed by atoms with E-state index in [-0.39, 0.29) is 11.1 Å². The summed E-state index contributed by atoms with van der Waals surface area (Å²) in [7, 11) is 0. The molecule has 5 heteroatoms. The van der Waals surface area contributed by atoms with E-state index in [1.54, 1.807) is 19.1 Å². The van der Waals surface area contributed by atoms with E-state index < -0.39 is 11.9 Å². The number of carboxylic acids is 1. The highest BCUT2D eigenvalue weighted by atomic mass is 16.4. The summed E-state index contributed by atoms with van der Waals surface area (Å²) in [5.74, 6) is -1.52. The zero-order valence-corrected chi connectivity index (χ0v) is 10.9. The number of pyridine rings is 1. The van der Waals surface area contributed by atoms with Gasteiger partial charge in [-0.3, -0.25) is 9.78 Å². The summed E-state index contributed by atoms with van der Waals surface area (Å²) in [6, 6.07) is 3.53. The Morgan fingerprint density at radius 2 is 1.78 bits per heavy atom. The molecule has 1 rings (SSSR count). The van der Waals surface area contributed by atoms with Gasteiger partial charge >= 0.3 is 5.97 Å². The first kappa shape index (κ1) is 13.9. The summed E-state index contributed by atoms with van der Waals surface area (Å²) < 4.78 is 0. The predicted molar refractivity (Wildman–Crippen MR) is 68.4 cm³/mol. The van der Waals surface area contributed by atoms with Crippen molar-refractivity contribution in [3.8, 4) is 0 Å². The van der Waals surface area contributed by atoms with Crippen LogP contribution in [0.15, 0.2) is 23.3 Å². The molecule has 1 heterocycles. The molecule has 1 amide bonds. The molecule has 0 aliphatic heterocycles. The largest absolute Gasteiger partial charge is 0.478 e. The molecule has 96 valence electrons. The number of aryl methyl sites for hydroxylation is 2. The molecular formula is C13H16N2O3. The van der Waals surface area contributed by atoms with Gasteiger partial charge in [0.05, 0.1) is 11.4 Å². The van der Waals surface area contributed by atoms with Crippen LogP contribution in [0.1, 0.15) is 25.2 Å². The molecule has 0 unspecified atom stereocenters. The monoisotopic (exact) mass is 248 g/mol. The third-order valence-electron chi connectivity index (χ3n) is 2.70. The fourth-order valence-corrected chi connectivity index (χ4v) is 1.37. The Morgan fingerprint density at radius 1 is 1.17 bits per heavy atom. The number of anilines is 1. The van der Waals surface area contributed by atoms with Crippen LogP contribution in [0.25, 0.3) is 0 Å². The van der Waals surface area contributed by atoms with Gasteiger partial charge in [0.1, 0.15) is 0 Å². The Morgan fingerprint density at radius 3 is 2.28 bits per heavy atom. The van der Waals surface area contributed by atoms with Crippen LogP contribution in [0.5, 0.6) is 0 Å². The van der Waals surface area contributed by atoms with Gasteiger partial charge in [-0.05, 0) is 39.8 Å². The van der Waals surface area contributed by atoms with Crippen molar-refractivity contribution in [2.45, 2.75) is 27.7 Å². The van der Waals surface area contributed by atoms with Crippen LogP contribution in [0, 0.1) is 13.8 Å². The van der Waals surface area contributed by atoms with Crippen LogP contribution in [-0.2, 0) is 9.59 Å². The predicted octanol–water partition coefficient (Wildman–Crippen LogP) is 2.06. The number of nitrogens with zero attached hydrogens (tertiary/aromatic N) is 1. The highest BCUT2D eigenvalue weighted by molar-refractivity contribution is 6.08. The van der Waals surface area contributed by atoms with E-state index in [0.717, 1.165) is 5.69 Å². The molecular weight excluding hydrogens is 232 g/mol. The SMILES string of the molecule is CC(C(=O)O)=C(C)C(=O)Nc1ccc(C)nc1C. The van der Waals surface area contributed by atoms with Crippen molar-refractivity contribution < 1.29 is 14.7 Å². The van der Waals surface area contributed by atoms with Crippen molar-refractivity contribution in [1.29, 1.82) is 0 Å². The summed E-state index contributed by atoms with van der Waals surface area (Å²) in [5.41, 5.74) is 2.36. The number of aromatic nitrogens is 1. The minimum atomic E-state index is -1.10. The smallest absolute Gasteiger partial charge is 0.331 e. The second kappa shape index (κ2) is 5.44. The van der Waals surface area contributed by atoms with E-state index in [1.807, 2.05) is 6.92 Å². The first-order valence-corrected chi connectivity index (χ1v) is 5.49. The number of hydrogen-bond acceptors (Lipinski definition) is 3. The number of rotatable bonds is 3. The summed E-state index contributed by atoms with van der Waals surface area (Å²) in [6.07, 6.45) is 0. The molecule has 0 spiro atoms. The third-order valence-corrected chi connectivity index (χ3v) is 2.70. The van der Waals surface area contributed by atoms with Crippen molar-refractivity contribution in [2.24, 2.45) is 0 Å². The Balaban J connectivity index is 2.95. The Bertz CT molecular complexity index is 533. The normalized spacial score (nSPS) is 11.8. The molecule has 18 heavy (non-hydrogen) atoms. The summed E-state index contributed by atoms with van der Waals surface area (Å²) in [4.78, 5) is 26.8. The number of carbonyl (C=O) groups excluding carboxylic acids is 1. The number of amides is 1. The molecule has 2 N–H and O–H groups in total. The van der Waals surface area contributed by atoms with E-state index in [9.17, 15) is 9.59 Å². The molecule has 0 bridgehead atoms. The number of hydrogen-bond donors (Lipinski definition) is 2. The van der Waals surface area contributed by atoms with E-state index in [2.05, 4.69) is 10.3 Å². The van der Waals surface area contributed by atoms with Crippen LogP contribution >= 0.6 is 0 Å². The first-order chi connectivity index (χ1) is 8.32. The minimum Gasteiger partial charge on any atom is -0.478 e. The van der Waals surface area contributed by atoms with Gasteiger partial charge < -0.3 is 10.4 Å². The lowest BCUT2D eigenvalue weighted by atomic mass is 10.1. The van der Waals surface area contributed by atoms with E-state index in [0.29, 0.717) is 11.4 Å². The van der Waals surface area contributed by atoms with Crippen LogP contribution in [0.2, 0.25) is 0 Å². The van der Waals surface area contributed by atoms with Gasteiger partial charge in [-0.1, -0.05) is 0 Å². The zero-order chi connectivity index (χ0) is 13.9. The molecule has 0 radical (unpaired) electrons. The van der Waals surface area contributed by atoms with Crippen molar-refractivity contribution >= 4 is 17.6 Å². The average Bonchev–Trinajstić information content (AvgIpc) is 2.30. The van der Waals surface area contributed by atoms with Crippen LogP contribution in [0.3, 0.4) is 0 Å². The van der Waals surface area contributed by atoms with Gasteiger partial charge in [0.2, 0.25) is 0 Å². The van der Waals surface area contributed by atoms with Crippen LogP contribution < -0.4 is 5.32 Å². The molecule has 0 fully saturated rings. The highest BCUT2D eigenvalue weighted by Crippen LogP contribution is 2.14. The lowest BCUT2D eigenvalue weighted by Gasteiger charge is -2.09. The third kappa shape index (κ3) is 3.16. The lowest BCUT2D eigenvalue weighted by Crippen LogP contribution is -2.17. The second-order valence-corrected chi connectivity index (χ2v) is 4.09. The summed E-state index contributed by atoms with van der Waals surface area (Å²) >= 11 is 0. The maximum Gasteiger partial charge on any atom is 0.331 e. The van der Waals surface area contributed by atoms with Gasteiger partial charge in [-0.2, -0.15) is 0 Å². The highest BCUT2D eigenvalue weighted by Gasteiger charge is 2.13. The Kier molecular flexibility index (Phi) is 4.20. The first-order valence-electron chi connectivity index (χ1n) is 5.49. The number of nitrogens with one attached hydrogen (secondary N) is 1. The van der Waals surface area contributed by atoms with Crippen molar-refractivity contribution in [3.05, 3.63) is 34.7 Å². The van der Waals surface area contributed by atoms with Crippen molar-refractivity contribution in [2.75, 3.05) is 5.32 Å². The van der Waals surface area contributed by atoms with Crippen molar-refractivity contribution in [3.63, 3.8) is 0 Å². The number of aliphatic carboxylic acids is 1. The molecule has 1 aromatic rings. The Hall–Kier alpha value is -2.17. The molecule has 5 nitrogen and oxygen atoms in total. The minimum absolute atomic E-state index is 0.0326. The number of carbonyl (C=O) groups is 2. The second-order valence-electron chi connectivity index (χ2n) is 4.09. The van der Waals surface area contributed by atoms with Gasteiger partial charge in [0.25, 0.3) is 5.91 Å². The molecule has 1 aromatic heterocycles. The molecule has 0 saturated heterocycles. The van der Waals surface area contributed by atoms with Gasteiger partial charge in [0.15, 0.2) is 0 Å². The topological polar surface area (TPSA) is 79.3 Å².